The van der Waals surface area contributed by atoms with Crippen molar-refractivity contribution in [1.29, 1.82) is 0 Å². The number of ether oxygens (including phenoxy) is 2. The number of sulfonamides is 1. The fraction of sp³-hybridized carbons (Fsp3) is 1.00. The maximum absolute atomic E-state index is 11.7. The lowest BCUT2D eigenvalue weighted by Gasteiger charge is -2.09. The highest BCUT2D eigenvalue weighted by atomic mass is 32.2. The summed E-state index contributed by atoms with van der Waals surface area (Å²) >= 11 is 0. The lowest BCUT2D eigenvalue weighted by molar-refractivity contribution is -0.0458. The van der Waals surface area contributed by atoms with Crippen molar-refractivity contribution >= 4 is 10.0 Å². The van der Waals surface area contributed by atoms with E-state index < -0.39 is 22.1 Å². The highest BCUT2D eigenvalue weighted by molar-refractivity contribution is 7.90. The smallest absolute Gasteiger partial charge is 0.359 e. The zero-order valence-electron chi connectivity index (χ0n) is 7.30. The Hall–Kier alpha value is -0.380. The van der Waals surface area contributed by atoms with Crippen LogP contribution >= 0.6 is 0 Å². The highest BCUT2D eigenvalue weighted by Crippen LogP contribution is 2.21. The van der Waals surface area contributed by atoms with Crippen LogP contribution in [0.15, 0.2) is 0 Å². The van der Waals surface area contributed by atoms with Crippen LogP contribution in [-0.2, 0) is 19.5 Å². The lowest BCUT2D eigenvalue weighted by Crippen LogP contribution is -2.38. The Bertz CT molecular complexity index is 250. The van der Waals surface area contributed by atoms with Gasteiger partial charge in [0.25, 0.3) is 0 Å². The van der Waals surface area contributed by atoms with Crippen LogP contribution in [0.25, 0.3) is 0 Å². The average Bonchev–Trinajstić information content (AvgIpc) is 2.02. The van der Waals surface area contributed by atoms with Gasteiger partial charge in [-0.2, -0.15) is 13.2 Å². The first-order valence-corrected chi connectivity index (χ1v) is 4.92. The van der Waals surface area contributed by atoms with E-state index in [1.807, 2.05) is 0 Å². The molecule has 0 aliphatic carbocycles. The molecule has 0 aromatic rings. The molecule has 0 rings (SSSR count). The summed E-state index contributed by atoms with van der Waals surface area (Å²) in [5, 5.41) is 0. The Morgan fingerprint density at radius 3 is 2.36 bits per heavy atom. The molecule has 0 unspecified atom stereocenters. The van der Waals surface area contributed by atoms with Crippen molar-refractivity contribution in [2.75, 3.05) is 27.1 Å². The van der Waals surface area contributed by atoms with Gasteiger partial charge in [-0.1, -0.05) is 0 Å². The Balaban J connectivity index is 3.80. The highest BCUT2D eigenvalue weighted by Gasteiger charge is 2.45. The standard InChI is InChI=1S/C5H10F3NO4S/c1-12-4-13-3-2-9-14(10,11)5(6,7)8/h9H,2-4H2,1H3. The van der Waals surface area contributed by atoms with Gasteiger partial charge in [-0.15, -0.1) is 0 Å². The molecule has 9 heteroatoms. The lowest BCUT2D eigenvalue weighted by atomic mass is 10.7. The van der Waals surface area contributed by atoms with Crippen LogP contribution in [0.2, 0.25) is 0 Å². The van der Waals surface area contributed by atoms with E-state index in [2.05, 4.69) is 9.47 Å². The third-order valence-electron chi connectivity index (χ3n) is 1.04. The molecule has 1 N–H and O–H groups in total. The van der Waals surface area contributed by atoms with Gasteiger partial charge in [0.2, 0.25) is 0 Å². The van der Waals surface area contributed by atoms with Crippen LogP contribution < -0.4 is 4.72 Å². The van der Waals surface area contributed by atoms with E-state index in [9.17, 15) is 21.6 Å². The first kappa shape index (κ1) is 13.6. The molecule has 0 aliphatic rings. The fourth-order valence-electron chi connectivity index (χ4n) is 0.472. The van der Waals surface area contributed by atoms with Crippen LogP contribution in [0.3, 0.4) is 0 Å². The largest absolute Gasteiger partial charge is 0.511 e. The van der Waals surface area contributed by atoms with E-state index in [1.165, 1.54) is 11.8 Å². The number of methoxy groups -OCH3 is 1. The predicted octanol–water partition coefficient (Wildman–Crippen LogP) is 0.0461. The van der Waals surface area contributed by atoms with Crippen LogP contribution in [0, 0.1) is 0 Å². The first-order valence-electron chi connectivity index (χ1n) is 3.44. The summed E-state index contributed by atoms with van der Waals surface area (Å²) in [6.07, 6.45) is 0. The number of nitrogens with one attached hydrogen (secondary N) is 1. The third kappa shape index (κ3) is 4.74. The Kier molecular flexibility index (Phi) is 5.34. The number of rotatable bonds is 6. The summed E-state index contributed by atoms with van der Waals surface area (Å²) in [6.45, 7) is -0.748. The third-order valence-corrected chi connectivity index (χ3v) is 2.24. The second-order valence-electron chi connectivity index (χ2n) is 2.16. The Morgan fingerprint density at radius 1 is 1.36 bits per heavy atom. The average molecular weight is 237 g/mol. The van der Waals surface area contributed by atoms with Gasteiger partial charge in [0.1, 0.15) is 6.79 Å². The van der Waals surface area contributed by atoms with Crippen LogP contribution in [0.4, 0.5) is 13.2 Å². The van der Waals surface area contributed by atoms with Crippen molar-refractivity contribution < 1.29 is 31.1 Å². The molecule has 0 heterocycles. The molecule has 0 atom stereocenters. The molecule has 0 fully saturated rings. The minimum absolute atomic E-state index is 0.103. The maximum Gasteiger partial charge on any atom is 0.511 e. The minimum atomic E-state index is -5.28. The SMILES string of the molecule is COCOCCNS(=O)(=O)C(F)(F)F. The van der Waals surface area contributed by atoms with Crippen molar-refractivity contribution in [3.8, 4) is 0 Å². The number of alkyl halides is 3. The fourth-order valence-corrected chi connectivity index (χ4v) is 0.988. The van der Waals surface area contributed by atoms with Crippen molar-refractivity contribution in [2.24, 2.45) is 0 Å². The molecule has 5 nitrogen and oxygen atoms in total. The molecule has 0 aromatic carbocycles. The summed E-state index contributed by atoms with van der Waals surface area (Å²) in [7, 11) is -3.92. The van der Waals surface area contributed by atoms with E-state index in [1.54, 1.807) is 0 Å². The van der Waals surface area contributed by atoms with Crippen LogP contribution in [-0.4, -0.2) is 41.0 Å². The molecule has 0 spiro atoms. The summed E-state index contributed by atoms with van der Waals surface area (Å²) in [5.74, 6) is 0. The summed E-state index contributed by atoms with van der Waals surface area (Å²) in [5.41, 5.74) is -5.28. The predicted molar refractivity (Wildman–Crippen MR) is 40.8 cm³/mol. The van der Waals surface area contributed by atoms with Crippen LogP contribution in [0.5, 0.6) is 0 Å². The van der Waals surface area contributed by atoms with Crippen molar-refractivity contribution in [3.05, 3.63) is 0 Å². The molecule has 0 saturated carbocycles. The molecule has 0 saturated heterocycles. The normalized spacial score (nSPS) is 13.1. The molecule has 0 aromatic heterocycles. The van der Waals surface area contributed by atoms with Gasteiger partial charge < -0.3 is 9.47 Å². The van der Waals surface area contributed by atoms with Crippen molar-refractivity contribution in [1.82, 2.24) is 4.72 Å². The maximum atomic E-state index is 11.7. The molecule has 0 radical (unpaired) electrons. The van der Waals surface area contributed by atoms with Crippen LogP contribution in [0.1, 0.15) is 0 Å². The second kappa shape index (κ2) is 5.49. The van der Waals surface area contributed by atoms with E-state index in [0.717, 1.165) is 0 Å². The summed E-state index contributed by atoms with van der Waals surface area (Å²) < 4.78 is 66.1. The number of hydrogen-bond donors (Lipinski definition) is 1. The quantitative estimate of drug-likeness (QED) is 0.523. The molecule has 14 heavy (non-hydrogen) atoms. The monoisotopic (exact) mass is 237 g/mol. The first-order chi connectivity index (χ1) is 6.31. The van der Waals surface area contributed by atoms with Gasteiger partial charge in [-0.25, -0.2) is 13.1 Å². The van der Waals surface area contributed by atoms with Gasteiger partial charge in [-0.3, -0.25) is 0 Å². The Labute approximate surface area is 79.2 Å². The molecular weight excluding hydrogens is 227 g/mol. The van der Waals surface area contributed by atoms with E-state index in [-0.39, 0.29) is 13.4 Å². The topological polar surface area (TPSA) is 64.6 Å². The zero-order chi connectivity index (χ0) is 11.2. The zero-order valence-corrected chi connectivity index (χ0v) is 8.11. The van der Waals surface area contributed by atoms with Gasteiger partial charge >= 0.3 is 15.5 Å². The van der Waals surface area contributed by atoms with Gasteiger partial charge in [0.05, 0.1) is 6.61 Å². The van der Waals surface area contributed by atoms with Gasteiger partial charge in [-0.05, 0) is 0 Å². The van der Waals surface area contributed by atoms with E-state index in [0.29, 0.717) is 0 Å². The van der Waals surface area contributed by atoms with Crippen molar-refractivity contribution in [3.63, 3.8) is 0 Å². The van der Waals surface area contributed by atoms with Crippen molar-refractivity contribution in [2.45, 2.75) is 5.51 Å². The molecule has 0 aliphatic heterocycles. The Morgan fingerprint density at radius 2 is 1.93 bits per heavy atom. The summed E-state index contributed by atoms with van der Waals surface area (Å²) in [4.78, 5) is 0. The number of hydrogen-bond acceptors (Lipinski definition) is 4. The number of halogens is 3. The van der Waals surface area contributed by atoms with Gasteiger partial charge in [0.15, 0.2) is 0 Å². The molecule has 86 valence electrons. The van der Waals surface area contributed by atoms with E-state index >= 15 is 0 Å². The molecule has 0 bridgehead atoms. The minimum Gasteiger partial charge on any atom is -0.359 e. The molecular formula is C5H10F3NO4S. The second-order valence-corrected chi connectivity index (χ2v) is 3.92. The van der Waals surface area contributed by atoms with E-state index in [4.69, 9.17) is 0 Å². The summed E-state index contributed by atoms with van der Waals surface area (Å²) in [6, 6.07) is 0. The van der Waals surface area contributed by atoms with Gasteiger partial charge in [0, 0.05) is 13.7 Å². The molecule has 0 amide bonds.